The number of rotatable bonds is 5. The molecule has 0 radical (unpaired) electrons. The Morgan fingerprint density at radius 2 is 1.85 bits per heavy atom. The molecular formula is C17H10ClFN4OS3. The molecule has 0 aliphatic heterocycles. The normalized spacial score (nSPS) is 11.0. The molecule has 2 heterocycles. The van der Waals surface area contributed by atoms with Crippen molar-refractivity contribution in [2.24, 2.45) is 0 Å². The lowest BCUT2D eigenvalue weighted by atomic mass is 10.2. The third-order valence-corrected chi connectivity index (χ3v) is 6.08. The highest BCUT2D eigenvalue weighted by molar-refractivity contribution is 8.00. The van der Waals surface area contributed by atoms with Gasteiger partial charge in [0.2, 0.25) is 11.8 Å². The average Bonchev–Trinajstić information content (AvgIpc) is 3.28. The van der Waals surface area contributed by atoms with Crippen LogP contribution in [0.1, 0.15) is 5.89 Å². The summed E-state index contributed by atoms with van der Waals surface area (Å²) in [5.41, 5.74) is 1.52. The lowest BCUT2D eigenvalue weighted by Crippen LogP contribution is -1.96. The Kier molecular flexibility index (Phi) is 5.35. The molecule has 2 aromatic carbocycles. The number of hydrogen-bond acceptors (Lipinski definition) is 7. The predicted octanol–water partition coefficient (Wildman–Crippen LogP) is 5.80. The van der Waals surface area contributed by atoms with Gasteiger partial charge in [-0.2, -0.15) is 0 Å². The third-order valence-electron chi connectivity index (χ3n) is 3.48. The molecule has 5 nitrogen and oxygen atoms in total. The van der Waals surface area contributed by atoms with Crippen molar-refractivity contribution in [1.29, 1.82) is 0 Å². The molecule has 0 amide bonds. The SMILES string of the molecule is Fc1ccc(-n2nc(SCc3nnc(-c4ccc(Cl)cc4)o3)sc2=S)cc1. The Labute approximate surface area is 171 Å². The summed E-state index contributed by atoms with van der Waals surface area (Å²) in [5, 5.41) is 13.2. The Morgan fingerprint density at radius 1 is 1.11 bits per heavy atom. The highest BCUT2D eigenvalue weighted by Gasteiger charge is 2.12. The molecule has 0 aliphatic rings. The van der Waals surface area contributed by atoms with E-state index < -0.39 is 0 Å². The number of nitrogens with zero attached hydrogens (tertiary/aromatic N) is 4. The minimum absolute atomic E-state index is 0.303. The molecule has 0 aliphatic carbocycles. The van der Waals surface area contributed by atoms with Gasteiger partial charge in [0.05, 0.1) is 11.4 Å². The zero-order valence-corrected chi connectivity index (χ0v) is 16.7. The van der Waals surface area contributed by atoms with Crippen LogP contribution in [-0.4, -0.2) is 20.0 Å². The molecule has 0 unspecified atom stereocenters. The lowest BCUT2D eigenvalue weighted by molar-refractivity contribution is 0.528. The van der Waals surface area contributed by atoms with E-state index in [1.165, 1.54) is 35.2 Å². The van der Waals surface area contributed by atoms with Crippen LogP contribution in [0.15, 0.2) is 57.3 Å². The van der Waals surface area contributed by atoms with Crippen molar-refractivity contribution in [3.05, 3.63) is 69.2 Å². The van der Waals surface area contributed by atoms with E-state index in [-0.39, 0.29) is 5.82 Å². The smallest absolute Gasteiger partial charge is 0.247 e. The van der Waals surface area contributed by atoms with Gasteiger partial charge in [-0.15, -0.1) is 15.3 Å². The molecular weight excluding hydrogens is 427 g/mol. The highest BCUT2D eigenvalue weighted by Crippen LogP contribution is 2.28. The van der Waals surface area contributed by atoms with Crippen LogP contribution in [0, 0.1) is 9.77 Å². The summed E-state index contributed by atoms with van der Waals surface area (Å²) < 4.78 is 21.7. The maximum atomic E-state index is 13.1. The van der Waals surface area contributed by atoms with Crippen LogP contribution in [0.2, 0.25) is 5.02 Å². The van der Waals surface area contributed by atoms with E-state index in [0.29, 0.717) is 32.2 Å². The van der Waals surface area contributed by atoms with E-state index in [1.54, 1.807) is 28.9 Å². The number of aromatic nitrogens is 4. The van der Waals surface area contributed by atoms with E-state index in [0.717, 1.165) is 9.90 Å². The van der Waals surface area contributed by atoms with E-state index in [9.17, 15) is 4.39 Å². The van der Waals surface area contributed by atoms with Gasteiger partial charge in [0.15, 0.2) is 8.29 Å². The number of thioether (sulfide) groups is 1. The number of benzene rings is 2. The first-order valence-electron chi connectivity index (χ1n) is 7.66. The van der Waals surface area contributed by atoms with Crippen molar-refractivity contribution in [1.82, 2.24) is 20.0 Å². The zero-order chi connectivity index (χ0) is 18.8. The van der Waals surface area contributed by atoms with Crippen molar-refractivity contribution in [3.63, 3.8) is 0 Å². The van der Waals surface area contributed by atoms with Crippen LogP contribution < -0.4 is 0 Å². The van der Waals surface area contributed by atoms with Crippen LogP contribution in [0.5, 0.6) is 0 Å². The fraction of sp³-hybridized carbons (Fsp3) is 0.0588. The van der Waals surface area contributed by atoms with Gasteiger partial charge in [0, 0.05) is 10.6 Å². The van der Waals surface area contributed by atoms with Crippen LogP contribution >= 0.6 is 46.9 Å². The topological polar surface area (TPSA) is 56.7 Å². The molecule has 0 fully saturated rings. The Bertz CT molecular complexity index is 1120. The predicted molar refractivity (Wildman–Crippen MR) is 107 cm³/mol. The molecule has 0 saturated heterocycles. The van der Waals surface area contributed by atoms with Gasteiger partial charge < -0.3 is 4.42 Å². The second kappa shape index (κ2) is 7.89. The molecule has 10 heteroatoms. The van der Waals surface area contributed by atoms with Crippen LogP contribution in [-0.2, 0) is 5.75 Å². The average molecular weight is 437 g/mol. The monoisotopic (exact) mass is 436 g/mol. The van der Waals surface area contributed by atoms with Crippen LogP contribution in [0.25, 0.3) is 17.1 Å². The molecule has 0 saturated carbocycles. The molecule has 0 atom stereocenters. The molecule has 4 aromatic rings. The van der Waals surface area contributed by atoms with Gasteiger partial charge in [0.1, 0.15) is 5.82 Å². The summed E-state index contributed by atoms with van der Waals surface area (Å²) in [6.45, 7) is 0. The second-order valence-corrected chi connectivity index (χ2v) is 8.60. The van der Waals surface area contributed by atoms with Gasteiger partial charge >= 0.3 is 0 Å². The highest BCUT2D eigenvalue weighted by atomic mass is 35.5. The number of hydrogen-bond donors (Lipinski definition) is 0. The Hall–Kier alpha value is -2.07. The first-order chi connectivity index (χ1) is 13.1. The molecule has 0 N–H and O–H groups in total. The summed E-state index contributed by atoms with van der Waals surface area (Å²) in [4.78, 5) is 0. The standard InChI is InChI=1S/C17H10ClFN4OS3/c18-11-3-1-10(2-4-11)15-21-20-14(24-15)9-26-16-22-23(17(25)27-16)13-7-5-12(19)6-8-13/h1-8H,9H2. The molecule has 4 rings (SSSR count). The summed E-state index contributed by atoms with van der Waals surface area (Å²) >= 11 is 14.0. The molecule has 27 heavy (non-hydrogen) atoms. The Morgan fingerprint density at radius 3 is 2.59 bits per heavy atom. The van der Waals surface area contributed by atoms with E-state index in [1.807, 2.05) is 12.1 Å². The van der Waals surface area contributed by atoms with Crippen LogP contribution in [0.4, 0.5) is 4.39 Å². The van der Waals surface area contributed by atoms with Gasteiger partial charge in [0.25, 0.3) is 0 Å². The molecule has 0 spiro atoms. The van der Waals surface area contributed by atoms with E-state index in [4.69, 9.17) is 28.2 Å². The quantitative estimate of drug-likeness (QED) is 0.291. The fourth-order valence-corrected chi connectivity index (χ4v) is 4.53. The summed E-state index contributed by atoms with van der Waals surface area (Å²) in [5.74, 6) is 1.08. The lowest BCUT2D eigenvalue weighted by Gasteiger charge is -1.99. The second-order valence-electron chi connectivity index (χ2n) is 5.32. The summed E-state index contributed by atoms with van der Waals surface area (Å²) in [7, 11) is 0. The molecule has 0 bridgehead atoms. The first-order valence-corrected chi connectivity index (χ1v) is 10.2. The van der Waals surface area contributed by atoms with Crippen LogP contribution in [0.3, 0.4) is 0 Å². The largest absolute Gasteiger partial charge is 0.420 e. The molecule has 2 aromatic heterocycles. The van der Waals surface area contributed by atoms with Crippen molar-refractivity contribution in [2.75, 3.05) is 0 Å². The summed E-state index contributed by atoms with van der Waals surface area (Å²) in [6, 6.07) is 13.2. The van der Waals surface area contributed by atoms with Gasteiger partial charge in [-0.05, 0) is 60.7 Å². The number of halogens is 2. The van der Waals surface area contributed by atoms with Crippen molar-refractivity contribution >= 4 is 46.9 Å². The third kappa shape index (κ3) is 4.27. The fourth-order valence-electron chi connectivity index (χ4n) is 2.21. The first kappa shape index (κ1) is 18.3. The van der Waals surface area contributed by atoms with Gasteiger partial charge in [-0.3, -0.25) is 0 Å². The summed E-state index contributed by atoms with van der Waals surface area (Å²) in [6.07, 6.45) is 0. The minimum Gasteiger partial charge on any atom is -0.420 e. The van der Waals surface area contributed by atoms with Crippen molar-refractivity contribution in [2.45, 2.75) is 10.1 Å². The van der Waals surface area contributed by atoms with E-state index in [2.05, 4.69) is 15.3 Å². The maximum Gasteiger partial charge on any atom is 0.247 e. The molecule has 136 valence electrons. The van der Waals surface area contributed by atoms with Crippen molar-refractivity contribution in [3.8, 4) is 17.1 Å². The maximum absolute atomic E-state index is 13.1. The van der Waals surface area contributed by atoms with Crippen molar-refractivity contribution < 1.29 is 8.81 Å². The minimum atomic E-state index is -0.303. The Balaban J connectivity index is 1.46. The zero-order valence-electron chi connectivity index (χ0n) is 13.5. The van der Waals surface area contributed by atoms with Gasteiger partial charge in [-0.1, -0.05) is 34.7 Å². The van der Waals surface area contributed by atoms with E-state index >= 15 is 0 Å². The van der Waals surface area contributed by atoms with Gasteiger partial charge in [-0.25, -0.2) is 9.07 Å².